The molecule has 2 nitrogen and oxygen atoms in total. The van der Waals surface area contributed by atoms with Gasteiger partial charge in [-0.05, 0) is 30.5 Å². The van der Waals surface area contributed by atoms with E-state index in [0.717, 1.165) is 22.9 Å². The molecule has 2 atom stereocenters. The van der Waals surface area contributed by atoms with Crippen molar-refractivity contribution in [2.24, 2.45) is 5.92 Å². The average Bonchev–Trinajstić information content (AvgIpc) is 2.29. The van der Waals surface area contributed by atoms with E-state index in [2.05, 4.69) is 15.9 Å². The molecule has 0 spiro atoms. The lowest BCUT2D eigenvalue weighted by Gasteiger charge is -2.23. The predicted molar refractivity (Wildman–Crippen MR) is 66.0 cm³/mol. The molecule has 0 saturated heterocycles. The molecule has 3 heteroatoms. The largest absolute Gasteiger partial charge is 0.388 e. The van der Waals surface area contributed by atoms with Crippen LogP contribution in [0.3, 0.4) is 0 Å². The van der Waals surface area contributed by atoms with Gasteiger partial charge in [-0.2, -0.15) is 0 Å². The molecule has 2 unspecified atom stereocenters. The molecule has 16 heavy (non-hydrogen) atoms. The molecule has 2 rings (SSSR count). The molecule has 1 aromatic carbocycles. The fraction of sp³-hybridized carbons (Fsp3) is 0.308. The van der Waals surface area contributed by atoms with Crippen LogP contribution in [0.15, 0.2) is 40.9 Å². The Morgan fingerprint density at radius 3 is 2.81 bits per heavy atom. The Labute approximate surface area is 103 Å². The first-order valence-electron chi connectivity index (χ1n) is 5.33. The number of hydrogen-bond acceptors (Lipinski definition) is 2. The number of ketones is 1. The van der Waals surface area contributed by atoms with E-state index in [-0.39, 0.29) is 11.7 Å². The van der Waals surface area contributed by atoms with Gasteiger partial charge in [0, 0.05) is 4.47 Å². The first-order chi connectivity index (χ1) is 7.70. The number of carbonyl (C=O) groups excluding carboxylic acids is 1. The summed E-state index contributed by atoms with van der Waals surface area (Å²) >= 11 is 3.39. The van der Waals surface area contributed by atoms with E-state index in [1.165, 1.54) is 0 Å². The highest BCUT2D eigenvalue weighted by molar-refractivity contribution is 9.10. The van der Waals surface area contributed by atoms with E-state index in [1.54, 1.807) is 6.08 Å². The molecule has 0 fully saturated rings. The van der Waals surface area contributed by atoms with Crippen molar-refractivity contribution < 1.29 is 9.90 Å². The first kappa shape index (κ1) is 11.6. The maximum atomic E-state index is 11.7. The summed E-state index contributed by atoms with van der Waals surface area (Å²) in [7, 11) is 0. The maximum Gasteiger partial charge on any atom is 0.161 e. The van der Waals surface area contributed by atoms with Crippen molar-refractivity contribution in [3.63, 3.8) is 0 Å². The third kappa shape index (κ3) is 2.25. The number of aliphatic hydroxyl groups is 1. The van der Waals surface area contributed by atoms with E-state index >= 15 is 0 Å². The second-order valence-electron chi connectivity index (χ2n) is 3.95. The summed E-state index contributed by atoms with van der Waals surface area (Å²) in [6, 6.07) is 7.48. The normalized spacial score (nSPS) is 22.1. The number of allylic oxidation sites excluding steroid dienone is 2. The first-order valence-corrected chi connectivity index (χ1v) is 6.12. The monoisotopic (exact) mass is 280 g/mol. The van der Waals surface area contributed by atoms with Gasteiger partial charge in [-0.25, -0.2) is 0 Å². The fourth-order valence-electron chi connectivity index (χ4n) is 1.99. The van der Waals surface area contributed by atoms with Crippen LogP contribution in [0.25, 0.3) is 0 Å². The molecule has 1 N–H and O–H groups in total. The Morgan fingerprint density at radius 1 is 1.38 bits per heavy atom. The number of aliphatic hydroxyl groups excluding tert-OH is 1. The number of rotatable bonds is 2. The minimum Gasteiger partial charge on any atom is -0.388 e. The fourth-order valence-corrected chi connectivity index (χ4v) is 2.51. The summed E-state index contributed by atoms with van der Waals surface area (Å²) in [5.74, 6) is -0.279. The van der Waals surface area contributed by atoms with Gasteiger partial charge in [0.05, 0.1) is 12.0 Å². The van der Waals surface area contributed by atoms with Crippen LogP contribution in [0.5, 0.6) is 0 Å². The molecule has 1 aliphatic rings. The van der Waals surface area contributed by atoms with Crippen molar-refractivity contribution in [3.05, 3.63) is 46.5 Å². The van der Waals surface area contributed by atoms with Crippen LogP contribution in [-0.2, 0) is 4.79 Å². The molecular weight excluding hydrogens is 268 g/mol. The Balaban J connectivity index is 2.25. The molecule has 0 aliphatic heterocycles. The molecule has 0 saturated carbocycles. The maximum absolute atomic E-state index is 11.7. The van der Waals surface area contributed by atoms with E-state index in [0.29, 0.717) is 0 Å². The van der Waals surface area contributed by atoms with Crippen LogP contribution < -0.4 is 0 Å². The smallest absolute Gasteiger partial charge is 0.161 e. The van der Waals surface area contributed by atoms with Crippen LogP contribution in [0, 0.1) is 5.92 Å². The molecule has 1 aromatic rings. The van der Waals surface area contributed by atoms with Crippen LogP contribution in [0.2, 0.25) is 0 Å². The van der Waals surface area contributed by atoms with Gasteiger partial charge in [0.1, 0.15) is 0 Å². The Bertz CT molecular complexity index is 426. The average molecular weight is 281 g/mol. The lowest BCUT2D eigenvalue weighted by Crippen LogP contribution is -2.23. The van der Waals surface area contributed by atoms with Crippen molar-refractivity contribution in [2.75, 3.05) is 0 Å². The second-order valence-corrected chi connectivity index (χ2v) is 4.81. The summed E-state index contributed by atoms with van der Waals surface area (Å²) in [5.41, 5.74) is 0.788. The van der Waals surface area contributed by atoms with Crippen molar-refractivity contribution in [3.8, 4) is 0 Å². The van der Waals surface area contributed by atoms with Crippen LogP contribution in [0.1, 0.15) is 24.5 Å². The second kappa shape index (κ2) is 4.93. The lowest BCUT2D eigenvalue weighted by atomic mass is 9.85. The third-order valence-corrected chi connectivity index (χ3v) is 3.62. The number of benzene rings is 1. The minimum absolute atomic E-state index is 0.0227. The molecular formula is C13H13BrO2. The quantitative estimate of drug-likeness (QED) is 0.904. The van der Waals surface area contributed by atoms with Gasteiger partial charge in [-0.3, -0.25) is 4.79 Å². The van der Waals surface area contributed by atoms with Crippen molar-refractivity contribution in [2.45, 2.75) is 18.9 Å². The number of hydrogen-bond donors (Lipinski definition) is 1. The van der Waals surface area contributed by atoms with Gasteiger partial charge < -0.3 is 5.11 Å². The number of carbonyl (C=O) groups is 1. The Kier molecular flexibility index (Phi) is 3.56. The van der Waals surface area contributed by atoms with Gasteiger partial charge in [-0.1, -0.05) is 40.2 Å². The number of halogens is 1. The highest BCUT2D eigenvalue weighted by atomic mass is 79.9. The molecule has 0 bridgehead atoms. The Hall–Kier alpha value is -0.930. The van der Waals surface area contributed by atoms with Gasteiger partial charge >= 0.3 is 0 Å². The van der Waals surface area contributed by atoms with Crippen LogP contribution in [0.4, 0.5) is 0 Å². The van der Waals surface area contributed by atoms with Gasteiger partial charge in [0.2, 0.25) is 0 Å². The van der Waals surface area contributed by atoms with E-state index in [9.17, 15) is 9.90 Å². The topological polar surface area (TPSA) is 37.3 Å². The summed E-state index contributed by atoms with van der Waals surface area (Å²) < 4.78 is 0.852. The molecule has 1 aliphatic carbocycles. The van der Waals surface area contributed by atoms with Crippen molar-refractivity contribution >= 4 is 21.7 Å². The van der Waals surface area contributed by atoms with Gasteiger partial charge in [0.25, 0.3) is 0 Å². The molecule has 0 heterocycles. The minimum atomic E-state index is -0.715. The summed E-state index contributed by atoms with van der Waals surface area (Å²) in [6.07, 6.45) is 4.31. The van der Waals surface area contributed by atoms with Crippen LogP contribution >= 0.6 is 15.9 Å². The SMILES string of the molecule is O=C1C=CCCC1C(O)c1ccccc1Br. The standard InChI is InChI=1S/C13H13BrO2/c14-11-7-3-1-5-9(11)13(16)10-6-2-4-8-12(10)15/h1,3-5,7-8,10,13,16H,2,6H2. The Morgan fingerprint density at radius 2 is 2.12 bits per heavy atom. The lowest BCUT2D eigenvalue weighted by molar-refractivity contribution is -0.122. The van der Waals surface area contributed by atoms with Gasteiger partial charge in [0.15, 0.2) is 5.78 Å². The molecule has 0 aromatic heterocycles. The van der Waals surface area contributed by atoms with Gasteiger partial charge in [-0.15, -0.1) is 0 Å². The molecule has 0 radical (unpaired) electrons. The zero-order chi connectivity index (χ0) is 11.5. The zero-order valence-corrected chi connectivity index (χ0v) is 10.4. The van der Waals surface area contributed by atoms with Crippen LogP contribution in [-0.4, -0.2) is 10.9 Å². The molecule has 0 amide bonds. The van der Waals surface area contributed by atoms with E-state index in [1.807, 2.05) is 30.3 Å². The summed E-state index contributed by atoms with van der Waals surface area (Å²) in [6.45, 7) is 0. The van der Waals surface area contributed by atoms with E-state index < -0.39 is 6.10 Å². The van der Waals surface area contributed by atoms with Crippen molar-refractivity contribution in [1.29, 1.82) is 0 Å². The highest BCUT2D eigenvalue weighted by Gasteiger charge is 2.28. The highest BCUT2D eigenvalue weighted by Crippen LogP contribution is 2.33. The molecule has 84 valence electrons. The summed E-state index contributed by atoms with van der Waals surface area (Å²) in [5, 5.41) is 10.2. The summed E-state index contributed by atoms with van der Waals surface area (Å²) in [4.78, 5) is 11.7. The predicted octanol–water partition coefficient (Wildman–Crippen LogP) is 3.02. The third-order valence-electron chi connectivity index (χ3n) is 2.90. The van der Waals surface area contributed by atoms with Crippen molar-refractivity contribution in [1.82, 2.24) is 0 Å². The van der Waals surface area contributed by atoms with E-state index in [4.69, 9.17) is 0 Å². The zero-order valence-electron chi connectivity index (χ0n) is 8.77.